The Labute approximate surface area is 108 Å². The number of aryl methyl sites for hydroxylation is 2. The Morgan fingerprint density at radius 1 is 1.47 bits per heavy atom. The number of amides is 1. The van der Waals surface area contributed by atoms with Crippen LogP contribution in [0.4, 0.5) is 0 Å². The van der Waals surface area contributed by atoms with Crippen molar-refractivity contribution in [3.05, 3.63) is 21.4 Å². The molecular weight excluding hydrogens is 258 g/mol. The highest BCUT2D eigenvalue weighted by atomic mass is 32.2. The molecule has 6 heteroatoms. The van der Waals surface area contributed by atoms with Crippen LogP contribution in [0, 0.1) is 13.8 Å². The van der Waals surface area contributed by atoms with Gasteiger partial charge in [-0.2, -0.15) is 0 Å². The van der Waals surface area contributed by atoms with E-state index in [0.717, 1.165) is 9.75 Å². The topological polar surface area (TPSA) is 57.6 Å². The van der Waals surface area contributed by atoms with Crippen molar-refractivity contribution in [2.75, 3.05) is 11.6 Å². The second-order valence-electron chi connectivity index (χ2n) is 3.96. The third-order valence-electron chi connectivity index (χ3n) is 2.70. The summed E-state index contributed by atoms with van der Waals surface area (Å²) >= 11 is 3.05. The van der Waals surface area contributed by atoms with Crippen LogP contribution in [-0.2, 0) is 4.79 Å². The maximum Gasteiger partial charge on any atom is 0.327 e. The smallest absolute Gasteiger partial charge is 0.327 e. The molecule has 2 heterocycles. The van der Waals surface area contributed by atoms with Crippen LogP contribution in [-0.4, -0.2) is 39.6 Å². The molecule has 92 valence electrons. The van der Waals surface area contributed by atoms with Gasteiger partial charge < -0.3 is 10.0 Å². The average Bonchev–Trinajstić information content (AvgIpc) is 2.83. The predicted molar refractivity (Wildman–Crippen MR) is 68.7 cm³/mol. The first-order chi connectivity index (χ1) is 8.00. The van der Waals surface area contributed by atoms with Gasteiger partial charge in [0.05, 0.1) is 11.4 Å². The Balaban J connectivity index is 2.25. The third kappa shape index (κ3) is 2.32. The Kier molecular flexibility index (Phi) is 3.44. The van der Waals surface area contributed by atoms with Gasteiger partial charge >= 0.3 is 5.97 Å². The summed E-state index contributed by atoms with van der Waals surface area (Å²) in [5.41, 5.74) is 0.640. The number of carboxylic acid groups (broad SMARTS) is 1. The van der Waals surface area contributed by atoms with Crippen LogP contribution < -0.4 is 0 Å². The maximum absolute atomic E-state index is 12.3. The number of thiophene rings is 1. The lowest BCUT2D eigenvalue weighted by molar-refractivity contribution is -0.140. The van der Waals surface area contributed by atoms with Gasteiger partial charge in [-0.15, -0.1) is 23.1 Å². The monoisotopic (exact) mass is 271 g/mol. The second-order valence-corrected chi connectivity index (χ2v) is 6.42. The zero-order valence-electron chi connectivity index (χ0n) is 9.60. The Hall–Kier alpha value is -1.01. The van der Waals surface area contributed by atoms with E-state index in [1.54, 1.807) is 11.3 Å². The van der Waals surface area contributed by atoms with Gasteiger partial charge in [-0.3, -0.25) is 4.79 Å². The highest BCUT2D eigenvalue weighted by Gasteiger charge is 2.35. The summed E-state index contributed by atoms with van der Waals surface area (Å²) in [5, 5.41) is 9.05. The van der Waals surface area contributed by atoms with Crippen LogP contribution in [0.5, 0.6) is 0 Å². The van der Waals surface area contributed by atoms with Gasteiger partial charge in [0, 0.05) is 15.5 Å². The van der Waals surface area contributed by atoms with E-state index in [0.29, 0.717) is 17.2 Å². The largest absolute Gasteiger partial charge is 0.480 e. The molecule has 1 aliphatic heterocycles. The first kappa shape index (κ1) is 12.4. The van der Waals surface area contributed by atoms with Crippen molar-refractivity contribution in [3.8, 4) is 0 Å². The van der Waals surface area contributed by atoms with E-state index < -0.39 is 12.0 Å². The molecule has 1 unspecified atom stereocenters. The SMILES string of the molecule is Cc1cc(C(=O)N2CSCC2C(=O)O)c(C)s1. The molecule has 0 radical (unpaired) electrons. The normalized spacial score (nSPS) is 19.6. The van der Waals surface area contributed by atoms with E-state index in [1.165, 1.54) is 16.7 Å². The van der Waals surface area contributed by atoms with E-state index >= 15 is 0 Å². The van der Waals surface area contributed by atoms with E-state index in [4.69, 9.17) is 5.11 Å². The van der Waals surface area contributed by atoms with Crippen LogP contribution in [0.1, 0.15) is 20.1 Å². The highest BCUT2D eigenvalue weighted by molar-refractivity contribution is 7.99. The maximum atomic E-state index is 12.3. The molecule has 1 amide bonds. The lowest BCUT2D eigenvalue weighted by Crippen LogP contribution is -2.41. The molecule has 1 atom stereocenters. The Morgan fingerprint density at radius 3 is 2.71 bits per heavy atom. The van der Waals surface area contributed by atoms with Crippen molar-refractivity contribution < 1.29 is 14.7 Å². The summed E-state index contributed by atoms with van der Waals surface area (Å²) in [6, 6.07) is 1.15. The molecule has 0 aromatic carbocycles. The van der Waals surface area contributed by atoms with Crippen molar-refractivity contribution in [2.45, 2.75) is 19.9 Å². The summed E-state index contributed by atoms with van der Waals surface area (Å²) < 4.78 is 0. The minimum absolute atomic E-state index is 0.163. The van der Waals surface area contributed by atoms with Gasteiger partial charge in [-0.1, -0.05) is 0 Å². The molecular formula is C11H13NO3S2. The molecule has 0 spiro atoms. The number of aliphatic carboxylic acids is 1. The number of nitrogens with zero attached hydrogens (tertiary/aromatic N) is 1. The van der Waals surface area contributed by atoms with Crippen molar-refractivity contribution in [3.63, 3.8) is 0 Å². The van der Waals surface area contributed by atoms with Gasteiger partial charge in [0.15, 0.2) is 0 Å². The number of carbonyl (C=O) groups is 2. The van der Waals surface area contributed by atoms with E-state index in [9.17, 15) is 9.59 Å². The molecule has 17 heavy (non-hydrogen) atoms. The zero-order chi connectivity index (χ0) is 12.6. The van der Waals surface area contributed by atoms with Crippen molar-refractivity contribution in [1.29, 1.82) is 0 Å². The molecule has 1 aromatic heterocycles. The van der Waals surface area contributed by atoms with E-state index in [-0.39, 0.29) is 5.91 Å². The summed E-state index contributed by atoms with van der Waals surface area (Å²) in [5.74, 6) is -0.148. The summed E-state index contributed by atoms with van der Waals surface area (Å²) in [4.78, 5) is 26.8. The molecule has 0 aliphatic carbocycles. The Morgan fingerprint density at radius 2 is 2.18 bits per heavy atom. The molecule has 0 bridgehead atoms. The zero-order valence-corrected chi connectivity index (χ0v) is 11.2. The van der Waals surface area contributed by atoms with Gasteiger partial charge in [0.1, 0.15) is 6.04 Å². The molecule has 1 aromatic rings. The predicted octanol–water partition coefficient (Wildman–Crippen LogP) is 1.96. The van der Waals surface area contributed by atoms with E-state index in [2.05, 4.69) is 0 Å². The van der Waals surface area contributed by atoms with Crippen LogP contribution in [0.25, 0.3) is 0 Å². The van der Waals surface area contributed by atoms with Gasteiger partial charge in [-0.25, -0.2) is 4.79 Å². The molecule has 4 nitrogen and oxygen atoms in total. The quantitative estimate of drug-likeness (QED) is 0.893. The lowest BCUT2D eigenvalue weighted by Gasteiger charge is -2.20. The molecule has 1 aliphatic rings. The number of hydrogen-bond donors (Lipinski definition) is 1. The van der Waals surface area contributed by atoms with Crippen LogP contribution >= 0.6 is 23.1 Å². The average molecular weight is 271 g/mol. The van der Waals surface area contributed by atoms with Crippen LogP contribution in [0.3, 0.4) is 0 Å². The van der Waals surface area contributed by atoms with Gasteiger partial charge in [0.25, 0.3) is 5.91 Å². The summed E-state index contributed by atoms with van der Waals surface area (Å²) in [6.45, 7) is 3.84. The molecule has 1 N–H and O–H groups in total. The number of carbonyl (C=O) groups excluding carboxylic acids is 1. The first-order valence-corrected chi connectivity index (χ1v) is 7.16. The molecule has 1 saturated heterocycles. The minimum atomic E-state index is -0.923. The van der Waals surface area contributed by atoms with Crippen molar-refractivity contribution >= 4 is 35.0 Å². The third-order valence-corrected chi connectivity index (χ3v) is 4.68. The van der Waals surface area contributed by atoms with Gasteiger partial charge in [-0.05, 0) is 19.9 Å². The van der Waals surface area contributed by atoms with E-state index in [1.807, 2.05) is 19.9 Å². The van der Waals surface area contributed by atoms with Crippen molar-refractivity contribution in [1.82, 2.24) is 4.90 Å². The fourth-order valence-corrected chi connectivity index (χ4v) is 3.91. The molecule has 1 fully saturated rings. The Bertz CT molecular complexity index is 469. The number of carboxylic acids is 1. The fraction of sp³-hybridized carbons (Fsp3) is 0.455. The summed E-state index contributed by atoms with van der Waals surface area (Å²) in [6.07, 6.45) is 0. The summed E-state index contributed by atoms with van der Waals surface area (Å²) in [7, 11) is 0. The first-order valence-electron chi connectivity index (χ1n) is 5.19. The van der Waals surface area contributed by atoms with Crippen molar-refractivity contribution in [2.24, 2.45) is 0 Å². The number of thioether (sulfide) groups is 1. The number of rotatable bonds is 2. The second kappa shape index (κ2) is 4.70. The van der Waals surface area contributed by atoms with Crippen LogP contribution in [0.15, 0.2) is 6.07 Å². The fourth-order valence-electron chi connectivity index (χ4n) is 1.85. The highest BCUT2D eigenvalue weighted by Crippen LogP contribution is 2.27. The molecule has 0 saturated carbocycles. The lowest BCUT2D eigenvalue weighted by atomic mass is 10.2. The molecule has 2 rings (SSSR count). The number of hydrogen-bond acceptors (Lipinski definition) is 4. The standard InChI is InChI=1S/C11H13NO3S2/c1-6-3-8(7(2)17-6)10(13)12-5-16-4-9(12)11(14)15/h3,9H,4-5H2,1-2H3,(H,14,15). The van der Waals surface area contributed by atoms with Gasteiger partial charge in [0.2, 0.25) is 0 Å². The minimum Gasteiger partial charge on any atom is -0.480 e. The van der Waals surface area contributed by atoms with Crippen LogP contribution in [0.2, 0.25) is 0 Å².